The van der Waals surface area contributed by atoms with E-state index < -0.39 is 0 Å². The maximum absolute atomic E-state index is 11.7. The lowest BCUT2D eigenvalue weighted by Crippen LogP contribution is -2.12. The highest BCUT2D eigenvalue weighted by Crippen LogP contribution is 2.20. The molecule has 2 aromatic rings. The van der Waals surface area contributed by atoms with Crippen LogP contribution in [-0.4, -0.2) is 22.3 Å². The molecule has 2 rings (SSSR count). The van der Waals surface area contributed by atoms with Crippen molar-refractivity contribution >= 4 is 23.4 Å². The zero-order chi connectivity index (χ0) is 15.2. The summed E-state index contributed by atoms with van der Waals surface area (Å²) in [5, 5.41) is 3.59. The van der Waals surface area contributed by atoms with Crippen LogP contribution in [0.25, 0.3) is 0 Å². The first-order chi connectivity index (χ1) is 10.1. The largest absolute Gasteiger partial charge is 0.497 e. The van der Waals surface area contributed by atoms with Gasteiger partial charge >= 0.3 is 0 Å². The monoisotopic (exact) mass is 305 g/mol. The molecule has 0 unspecified atom stereocenters. The smallest absolute Gasteiger partial charge is 0.252 e. The number of hydrogen-bond acceptors (Lipinski definition) is 5. The Hall–Kier alpha value is -1.95. The molecule has 0 aliphatic carbocycles. The minimum Gasteiger partial charge on any atom is -0.497 e. The molecule has 0 amide bonds. The van der Waals surface area contributed by atoms with E-state index in [4.69, 9.17) is 4.74 Å². The number of aromatic amines is 1. The molecular weight excluding hydrogens is 286 g/mol. The van der Waals surface area contributed by atoms with Gasteiger partial charge in [-0.1, -0.05) is 19.9 Å². The van der Waals surface area contributed by atoms with Crippen LogP contribution in [0, 0.1) is 0 Å². The van der Waals surface area contributed by atoms with Crippen molar-refractivity contribution < 1.29 is 4.74 Å². The van der Waals surface area contributed by atoms with Gasteiger partial charge in [0.1, 0.15) is 5.75 Å². The van der Waals surface area contributed by atoms with Crippen LogP contribution in [0.15, 0.2) is 35.1 Å². The van der Waals surface area contributed by atoms with Crippen LogP contribution in [0.3, 0.4) is 0 Å². The molecule has 0 spiro atoms. The minimum atomic E-state index is -0.158. The Morgan fingerprint density at radius 2 is 2.19 bits per heavy atom. The van der Waals surface area contributed by atoms with Gasteiger partial charge in [-0.2, -0.15) is 11.8 Å². The fraction of sp³-hybridized carbons (Fsp3) is 0.333. The second-order valence-electron chi connectivity index (χ2n) is 4.80. The van der Waals surface area contributed by atoms with Crippen molar-refractivity contribution in [3.8, 4) is 5.75 Å². The molecule has 21 heavy (non-hydrogen) atoms. The van der Waals surface area contributed by atoms with Crippen molar-refractivity contribution in [2.45, 2.75) is 24.9 Å². The van der Waals surface area contributed by atoms with Gasteiger partial charge in [-0.15, -0.1) is 0 Å². The van der Waals surface area contributed by atoms with Crippen LogP contribution >= 0.6 is 11.8 Å². The molecule has 1 heterocycles. The van der Waals surface area contributed by atoms with Gasteiger partial charge in [0, 0.05) is 23.6 Å². The van der Waals surface area contributed by atoms with Gasteiger partial charge in [-0.3, -0.25) is 9.78 Å². The summed E-state index contributed by atoms with van der Waals surface area (Å²) in [6.07, 6.45) is 0. The minimum absolute atomic E-state index is 0.158. The lowest BCUT2D eigenvalue weighted by Gasteiger charge is -2.09. The maximum atomic E-state index is 11.7. The predicted octanol–water partition coefficient (Wildman–Crippen LogP) is 3.16. The Bertz CT molecular complexity index is 655. The Balaban J connectivity index is 2.17. The van der Waals surface area contributed by atoms with E-state index in [1.165, 1.54) is 6.07 Å². The van der Waals surface area contributed by atoms with Crippen LogP contribution in [0.4, 0.5) is 11.6 Å². The lowest BCUT2D eigenvalue weighted by molar-refractivity contribution is 0.415. The summed E-state index contributed by atoms with van der Waals surface area (Å²) in [5.74, 6) is 1.90. The third kappa shape index (κ3) is 4.82. The Labute approximate surface area is 128 Å². The number of nitrogens with zero attached hydrogens (tertiary/aromatic N) is 1. The highest BCUT2D eigenvalue weighted by atomic mass is 32.2. The number of anilines is 2. The molecule has 0 saturated carbocycles. The van der Waals surface area contributed by atoms with E-state index in [-0.39, 0.29) is 5.56 Å². The van der Waals surface area contributed by atoms with Crippen LogP contribution in [-0.2, 0) is 5.75 Å². The summed E-state index contributed by atoms with van der Waals surface area (Å²) in [5.41, 5.74) is 1.42. The summed E-state index contributed by atoms with van der Waals surface area (Å²) >= 11 is 1.75. The molecule has 0 atom stereocenters. The fourth-order valence-corrected chi connectivity index (χ4v) is 2.38. The Kier molecular flexibility index (Phi) is 5.27. The predicted molar refractivity (Wildman–Crippen MR) is 87.6 cm³/mol. The van der Waals surface area contributed by atoms with Gasteiger partial charge < -0.3 is 10.1 Å². The second-order valence-corrected chi connectivity index (χ2v) is 6.37. The molecule has 0 aliphatic rings. The molecule has 0 radical (unpaired) electrons. The summed E-state index contributed by atoms with van der Waals surface area (Å²) in [6.45, 7) is 4.24. The topological polar surface area (TPSA) is 67.0 Å². The second kappa shape index (κ2) is 7.17. The summed E-state index contributed by atoms with van der Waals surface area (Å²) in [4.78, 5) is 18.8. The van der Waals surface area contributed by atoms with Gasteiger partial charge in [-0.25, -0.2) is 4.98 Å². The van der Waals surface area contributed by atoms with Crippen molar-refractivity contribution in [1.29, 1.82) is 0 Å². The number of hydrogen-bond donors (Lipinski definition) is 2. The number of methoxy groups -OCH3 is 1. The van der Waals surface area contributed by atoms with Crippen LogP contribution in [0.1, 0.15) is 19.5 Å². The average Bonchev–Trinajstić information content (AvgIpc) is 2.45. The number of rotatable bonds is 6. The standard InChI is InChI=1S/C15H19N3O2S/c1-10(2)21-9-12-8-14(19)18-15(17-12)16-11-5-4-6-13(7-11)20-3/h4-8,10H,9H2,1-3H3,(H2,16,17,18,19). The molecule has 2 N–H and O–H groups in total. The molecule has 1 aromatic carbocycles. The number of H-pyrrole nitrogens is 1. The van der Waals surface area contributed by atoms with E-state index >= 15 is 0 Å². The number of aromatic nitrogens is 2. The first-order valence-corrected chi connectivity index (χ1v) is 7.74. The van der Waals surface area contributed by atoms with E-state index in [0.717, 1.165) is 17.1 Å². The number of thioether (sulfide) groups is 1. The van der Waals surface area contributed by atoms with E-state index in [1.54, 1.807) is 18.9 Å². The van der Waals surface area contributed by atoms with E-state index in [9.17, 15) is 4.79 Å². The van der Waals surface area contributed by atoms with Crippen molar-refractivity contribution in [2.75, 3.05) is 12.4 Å². The van der Waals surface area contributed by atoms with Crippen LogP contribution in [0.2, 0.25) is 0 Å². The van der Waals surface area contributed by atoms with Crippen LogP contribution in [0.5, 0.6) is 5.75 Å². The van der Waals surface area contributed by atoms with Crippen molar-refractivity contribution in [2.24, 2.45) is 0 Å². The Morgan fingerprint density at radius 3 is 2.90 bits per heavy atom. The maximum Gasteiger partial charge on any atom is 0.252 e. The molecule has 112 valence electrons. The van der Waals surface area contributed by atoms with Gasteiger partial charge in [0.2, 0.25) is 5.95 Å². The first kappa shape index (κ1) is 15.4. The molecule has 0 saturated heterocycles. The third-order valence-electron chi connectivity index (χ3n) is 2.69. The highest BCUT2D eigenvalue weighted by molar-refractivity contribution is 7.99. The van der Waals surface area contributed by atoms with Gasteiger partial charge in [-0.05, 0) is 17.4 Å². The third-order valence-corrected chi connectivity index (χ3v) is 3.82. The zero-order valence-electron chi connectivity index (χ0n) is 12.3. The molecule has 5 nitrogen and oxygen atoms in total. The van der Waals surface area contributed by atoms with Crippen molar-refractivity contribution in [3.63, 3.8) is 0 Å². The lowest BCUT2D eigenvalue weighted by atomic mass is 10.3. The van der Waals surface area contributed by atoms with E-state index in [1.807, 2.05) is 24.3 Å². The van der Waals surface area contributed by atoms with Gasteiger partial charge in [0.05, 0.1) is 12.8 Å². The molecule has 6 heteroatoms. The SMILES string of the molecule is COc1cccc(Nc2nc(CSC(C)C)cc(=O)[nH]2)c1. The summed E-state index contributed by atoms with van der Waals surface area (Å²) < 4.78 is 5.17. The van der Waals surface area contributed by atoms with E-state index in [2.05, 4.69) is 29.1 Å². The first-order valence-electron chi connectivity index (χ1n) is 6.70. The van der Waals surface area contributed by atoms with Crippen molar-refractivity contribution in [1.82, 2.24) is 9.97 Å². The normalized spacial score (nSPS) is 10.7. The molecular formula is C15H19N3O2S. The van der Waals surface area contributed by atoms with Gasteiger partial charge in [0.15, 0.2) is 0 Å². The summed E-state index contributed by atoms with van der Waals surface area (Å²) in [7, 11) is 1.61. The zero-order valence-corrected chi connectivity index (χ0v) is 13.2. The fourth-order valence-electron chi connectivity index (χ4n) is 1.73. The van der Waals surface area contributed by atoms with Crippen LogP contribution < -0.4 is 15.6 Å². The Morgan fingerprint density at radius 1 is 1.38 bits per heavy atom. The highest BCUT2D eigenvalue weighted by Gasteiger charge is 2.04. The molecule has 1 aromatic heterocycles. The number of benzene rings is 1. The average molecular weight is 305 g/mol. The van der Waals surface area contributed by atoms with Gasteiger partial charge in [0.25, 0.3) is 5.56 Å². The van der Waals surface area contributed by atoms with E-state index in [0.29, 0.717) is 17.0 Å². The number of nitrogens with one attached hydrogen (secondary N) is 2. The number of ether oxygens (including phenoxy) is 1. The quantitative estimate of drug-likeness (QED) is 0.858. The molecule has 0 bridgehead atoms. The molecule has 0 aliphatic heterocycles. The molecule has 0 fully saturated rings. The summed E-state index contributed by atoms with van der Waals surface area (Å²) in [6, 6.07) is 8.99. The van der Waals surface area contributed by atoms with Crippen molar-refractivity contribution in [3.05, 3.63) is 46.4 Å².